The minimum Gasteiger partial charge on any atom is -0.325 e. The molecule has 1 amide bonds. The number of hydrogen-bond acceptors (Lipinski definition) is 4. The maximum Gasteiger partial charge on any atom is 0.238 e. The Bertz CT molecular complexity index is 1000. The SMILES string of the molecule is Cc1ccc2c(c1)NC(=O)C2c1ncnc2c1cnn2C1CCCCC1. The summed E-state index contributed by atoms with van der Waals surface area (Å²) in [7, 11) is 0. The summed E-state index contributed by atoms with van der Waals surface area (Å²) >= 11 is 0. The molecule has 0 bridgehead atoms. The van der Waals surface area contributed by atoms with E-state index in [2.05, 4.69) is 20.4 Å². The van der Waals surface area contributed by atoms with Crippen molar-refractivity contribution < 1.29 is 4.79 Å². The largest absolute Gasteiger partial charge is 0.325 e. The zero-order valence-electron chi connectivity index (χ0n) is 14.8. The van der Waals surface area contributed by atoms with E-state index in [1.54, 1.807) is 6.33 Å². The van der Waals surface area contributed by atoms with Crippen molar-refractivity contribution in [1.29, 1.82) is 0 Å². The minimum atomic E-state index is -0.403. The molecule has 26 heavy (non-hydrogen) atoms. The van der Waals surface area contributed by atoms with Gasteiger partial charge in [-0.2, -0.15) is 5.10 Å². The summed E-state index contributed by atoms with van der Waals surface area (Å²) in [6.07, 6.45) is 9.46. The predicted molar refractivity (Wildman–Crippen MR) is 99.1 cm³/mol. The Hall–Kier alpha value is -2.76. The first kappa shape index (κ1) is 15.5. The van der Waals surface area contributed by atoms with Crippen LogP contribution in [-0.4, -0.2) is 25.7 Å². The molecule has 2 aromatic heterocycles. The summed E-state index contributed by atoms with van der Waals surface area (Å²) in [4.78, 5) is 21.7. The molecule has 1 atom stereocenters. The normalized spacial score (nSPS) is 20.3. The first-order valence-corrected chi connectivity index (χ1v) is 9.32. The summed E-state index contributed by atoms with van der Waals surface area (Å²) in [5.41, 5.74) is 4.58. The molecule has 3 heterocycles. The van der Waals surface area contributed by atoms with Gasteiger partial charge in [-0.3, -0.25) is 4.79 Å². The lowest BCUT2D eigenvalue weighted by atomic mass is 9.94. The number of nitrogens with zero attached hydrogens (tertiary/aromatic N) is 4. The standard InChI is InChI=1S/C20H21N5O/c1-12-7-8-14-16(9-12)24-20(26)17(14)18-15-10-23-25(19(15)22-11-21-18)13-5-3-2-4-6-13/h7-11,13,17H,2-6H2,1H3,(H,24,26). The molecule has 6 heteroatoms. The number of rotatable bonds is 2. The highest BCUT2D eigenvalue weighted by Crippen LogP contribution is 2.39. The molecule has 1 saturated carbocycles. The first-order chi connectivity index (χ1) is 12.7. The van der Waals surface area contributed by atoms with Crippen LogP contribution in [0.4, 0.5) is 5.69 Å². The van der Waals surface area contributed by atoms with Gasteiger partial charge in [0.15, 0.2) is 5.65 Å². The molecule has 2 aliphatic rings. The molecule has 0 radical (unpaired) electrons. The molecule has 0 saturated heterocycles. The number of amides is 1. The predicted octanol–water partition coefficient (Wildman–Crippen LogP) is 3.72. The van der Waals surface area contributed by atoms with Crippen molar-refractivity contribution in [3.63, 3.8) is 0 Å². The van der Waals surface area contributed by atoms with E-state index in [9.17, 15) is 4.79 Å². The third-order valence-electron chi connectivity index (χ3n) is 5.66. The van der Waals surface area contributed by atoms with Crippen LogP contribution >= 0.6 is 0 Å². The molecular weight excluding hydrogens is 326 g/mol. The molecule has 1 fully saturated rings. The number of aryl methyl sites for hydroxylation is 1. The summed E-state index contributed by atoms with van der Waals surface area (Å²) in [6.45, 7) is 2.02. The molecular formula is C20H21N5O. The molecule has 1 aliphatic heterocycles. The number of aromatic nitrogens is 4. The monoisotopic (exact) mass is 347 g/mol. The topological polar surface area (TPSA) is 72.7 Å². The van der Waals surface area contributed by atoms with Gasteiger partial charge in [0.25, 0.3) is 0 Å². The van der Waals surface area contributed by atoms with Gasteiger partial charge in [-0.05, 0) is 37.0 Å². The lowest BCUT2D eigenvalue weighted by Crippen LogP contribution is -2.16. The second-order valence-corrected chi connectivity index (χ2v) is 7.39. The molecule has 3 aromatic rings. The second-order valence-electron chi connectivity index (χ2n) is 7.39. The van der Waals surface area contributed by atoms with Crippen LogP contribution in [0.15, 0.2) is 30.7 Å². The second kappa shape index (κ2) is 5.90. The maximum absolute atomic E-state index is 12.7. The molecule has 0 spiro atoms. The quantitative estimate of drug-likeness (QED) is 0.767. The van der Waals surface area contributed by atoms with Crippen molar-refractivity contribution in [2.45, 2.75) is 51.0 Å². The van der Waals surface area contributed by atoms with E-state index in [4.69, 9.17) is 0 Å². The number of carbonyl (C=O) groups excluding carboxylic acids is 1. The first-order valence-electron chi connectivity index (χ1n) is 9.32. The number of fused-ring (bicyclic) bond motifs is 2. The Morgan fingerprint density at radius 2 is 2.00 bits per heavy atom. The van der Waals surface area contributed by atoms with Crippen LogP contribution in [0.25, 0.3) is 11.0 Å². The van der Waals surface area contributed by atoms with Gasteiger partial charge in [-0.25, -0.2) is 14.6 Å². The number of hydrogen-bond donors (Lipinski definition) is 1. The minimum absolute atomic E-state index is 0.0315. The van der Waals surface area contributed by atoms with Crippen molar-refractivity contribution in [3.8, 4) is 0 Å². The van der Waals surface area contributed by atoms with Crippen molar-refractivity contribution in [2.75, 3.05) is 5.32 Å². The number of carbonyl (C=O) groups is 1. The third-order valence-corrected chi connectivity index (χ3v) is 5.66. The van der Waals surface area contributed by atoms with Crippen LogP contribution in [0.1, 0.15) is 60.9 Å². The van der Waals surface area contributed by atoms with Gasteiger partial charge in [0, 0.05) is 5.69 Å². The number of benzene rings is 1. The molecule has 1 unspecified atom stereocenters. The highest BCUT2D eigenvalue weighted by atomic mass is 16.2. The zero-order chi connectivity index (χ0) is 17.7. The Morgan fingerprint density at radius 3 is 2.85 bits per heavy atom. The highest BCUT2D eigenvalue weighted by Gasteiger charge is 2.35. The van der Waals surface area contributed by atoms with E-state index < -0.39 is 5.92 Å². The van der Waals surface area contributed by atoms with Gasteiger partial charge in [0.1, 0.15) is 12.2 Å². The molecule has 5 rings (SSSR count). The van der Waals surface area contributed by atoms with Gasteiger partial charge in [-0.15, -0.1) is 0 Å². The van der Waals surface area contributed by atoms with Crippen LogP contribution in [0, 0.1) is 6.92 Å². The highest BCUT2D eigenvalue weighted by molar-refractivity contribution is 6.06. The van der Waals surface area contributed by atoms with Crippen molar-refractivity contribution in [3.05, 3.63) is 47.5 Å². The average Bonchev–Trinajstić information content (AvgIpc) is 3.22. The fourth-order valence-electron chi connectivity index (χ4n) is 4.35. The summed E-state index contributed by atoms with van der Waals surface area (Å²) in [5.74, 6) is -0.434. The molecule has 132 valence electrons. The number of anilines is 1. The van der Waals surface area contributed by atoms with E-state index in [-0.39, 0.29) is 5.91 Å². The van der Waals surface area contributed by atoms with Crippen LogP contribution in [-0.2, 0) is 4.79 Å². The van der Waals surface area contributed by atoms with E-state index in [0.717, 1.165) is 46.4 Å². The van der Waals surface area contributed by atoms with Crippen LogP contribution in [0.2, 0.25) is 0 Å². The summed E-state index contributed by atoms with van der Waals surface area (Å²) in [6, 6.07) is 6.47. The number of nitrogens with one attached hydrogen (secondary N) is 1. The van der Waals surface area contributed by atoms with Gasteiger partial charge in [-0.1, -0.05) is 31.4 Å². The Balaban J connectivity index is 1.62. The van der Waals surface area contributed by atoms with E-state index in [0.29, 0.717) is 6.04 Å². The van der Waals surface area contributed by atoms with Crippen LogP contribution < -0.4 is 5.32 Å². The average molecular weight is 347 g/mol. The Kier molecular flexibility index (Phi) is 3.51. The van der Waals surface area contributed by atoms with Crippen LogP contribution in [0.3, 0.4) is 0 Å². The van der Waals surface area contributed by atoms with Gasteiger partial charge >= 0.3 is 0 Å². The fourth-order valence-corrected chi connectivity index (χ4v) is 4.35. The molecule has 1 N–H and O–H groups in total. The lowest BCUT2D eigenvalue weighted by molar-refractivity contribution is -0.116. The summed E-state index contributed by atoms with van der Waals surface area (Å²) < 4.78 is 2.04. The van der Waals surface area contributed by atoms with Crippen LogP contribution in [0.5, 0.6) is 0 Å². The molecule has 1 aromatic carbocycles. The molecule has 6 nitrogen and oxygen atoms in total. The van der Waals surface area contributed by atoms with E-state index >= 15 is 0 Å². The van der Waals surface area contributed by atoms with Gasteiger partial charge in [0.2, 0.25) is 5.91 Å². The smallest absolute Gasteiger partial charge is 0.238 e. The van der Waals surface area contributed by atoms with Crippen molar-refractivity contribution in [1.82, 2.24) is 19.7 Å². The fraction of sp³-hybridized carbons (Fsp3) is 0.400. The van der Waals surface area contributed by atoms with Crippen molar-refractivity contribution in [2.24, 2.45) is 0 Å². The van der Waals surface area contributed by atoms with E-state index in [1.807, 2.05) is 36.0 Å². The van der Waals surface area contributed by atoms with Gasteiger partial charge < -0.3 is 5.32 Å². The lowest BCUT2D eigenvalue weighted by Gasteiger charge is -2.22. The summed E-state index contributed by atoms with van der Waals surface area (Å²) in [5, 5.41) is 8.50. The Morgan fingerprint density at radius 1 is 1.15 bits per heavy atom. The zero-order valence-corrected chi connectivity index (χ0v) is 14.8. The van der Waals surface area contributed by atoms with Crippen molar-refractivity contribution >= 4 is 22.6 Å². The Labute approximate surface area is 151 Å². The van der Waals surface area contributed by atoms with Gasteiger partial charge in [0.05, 0.1) is 23.3 Å². The third kappa shape index (κ3) is 2.32. The maximum atomic E-state index is 12.7. The molecule has 1 aliphatic carbocycles. The van der Waals surface area contributed by atoms with E-state index in [1.165, 1.54) is 19.3 Å².